The number of nitrogens with zero attached hydrogens (tertiary/aromatic N) is 5. The third-order valence-electron chi connectivity index (χ3n) is 1.56. The molecule has 1 aromatic rings. The van der Waals surface area contributed by atoms with Gasteiger partial charge in [0.1, 0.15) is 0 Å². The van der Waals surface area contributed by atoms with Crippen molar-refractivity contribution < 1.29 is 4.79 Å². The van der Waals surface area contributed by atoms with Gasteiger partial charge in [-0.3, -0.25) is 4.79 Å². The minimum Gasteiger partial charge on any atom is -0.327 e. The Balaban J connectivity index is 2.66. The largest absolute Gasteiger partial charge is 0.327 e. The maximum atomic E-state index is 11.0. The molecular formula is C7H9N5O. The van der Waals surface area contributed by atoms with E-state index in [2.05, 4.69) is 15.5 Å². The topological polar surface area (TPSA) is 63.9 Å². The summed E-state index contributed by atoms with van der Waals surface area (Å²) in [6.45, 7) is 0.312. The summed E-state index contributed by atoms with van der Waals surface area (Å²) in [4.78, 5) is 12.3. The molecule has 1 amide bonds. The highest BCUT2D eigenvalue weighted by Gasteiger charge is 2.09. The van der Waals surface area contributed by atoms with Gasteiger partial charge >= 0.3 is 0 Å². The Hall–Kier alpha value is -1.90. The molecule has 0 aliphatic carbocycles. The van der Waals surface area contributed by atoms with Gasteiger partial charge in [-0.05, 0) is 16.3 Å². The van der Waals surface area contributed by atoms with Crippen molar-refractivity contribution in [2.45, 2.75) is 6.54 Å². The van der Waals surface area contributed by atoms with Crippen molar-refractivity contribution in [3.05, 3.63) is 5.82 Å². The number of tetrazole rings is 1. The Kier molecular flexibility index (Phi) is 2.59. The Bertz CT molecular complexity index is 350. The smallest absolute Gasteiger partial charge is 0.298 e. The van der Waals surface area contributed by atoms with Gasteiger partial charge in [0.15, 0.2) is 5.82 Å². The van der Waals surface area contributed by atoms with Crippen LogP contribution in [0.2, 0.25) is 0 Å². The summed E-state index contributed by atoms with van der Waals surface area (Å²) in [5, 5.41) is 10.8. The summed E-state index contributed by atoms with van der Waals surface area (Å²) in [5.41, 5.74) is 0. The lowest BCUT2D eigenvalue weighted by molar-refractivity contribution is -0.124. The van der Waals surface area contributed by atoms with Crippen LogP contribution in [0.1, 0.15) is 5.82 Å². The van der Waals surface area contributed by atoms with E-state index in [1.54, 1.807) is 14.1 Å². The second-order valence-electron chi connectivity index (χ2n) is 2.52. The number of aryl methyl sites for hydroxylation is 1. The van der Waals surface area contributed by atoms with E-state index >= 15 is 0 Å². The molecule has 1 heterocycles. The van der Waals surface area contributed by atoms with E-state index in [1.165, 1.54) is 9.58 Å². The van der Waals surface area contributed by atoms with Crippen LogP contribution in [0.25, 0.3) is 0 Å². The van der Waals surface area contributed by atoms with Crippen molar-refractivity contribution >= 4 is 5.91 Å². The van der Waals surface area contributed by atoms with Crippen molar-refractivity contribution in [3.8, 4) is 12.3 Å². The molecule has 68 valence electrons. The number of hydrogen-bond acceptors (Lipinski definition) is 4. The molecule has 0 bridgehead atoms. The summed E-state index contributed by atoms with van der Waals surface area (Å²) >= 11 is 0. The number of carbonyl (C=O) groups excluding carboxylic acids is 1. The first-order valence-corrected chi connectivity index (χ1v) is 3.58. The molecule has 0 aromatic carbocycles. The van der Waals surface area contributed by atoms with Crippen LogP contribution in [0, 0.1) is 12.3 Å². The highest BCUT2D eigenvalue weighted by atomic mass is 16.2. The van der Waals surface area contributed by atoms with E-state index in [4.69, 9.17) is 6.42 Å². The highest BCUT2D eigenvalue weighted by Crippen LogP contribution is 1.95. The molecule has 0 radical (unpaired) electrons. The molecular weight excluding hydrogens is 170 g/mol. The van der Waals surface area contributed by atoms with E-state index in [9.17, 15) is 4.79 Å². The Morgan fingerprint density at radius 3 is 2.92 bits per heavy atom. The summed E-state index contributed by atoms with van der Waals surface area (Å²) in [5.74, 6) is 2.21. The molecule has 6 heteroatoms. The lowest BCUT2D eigenvalue weighted by atomic mass is 10.5. The average molecular weight is 179 g/mol. The van der Waals surface area contributed by atoms with Crippen LogP contribution in [0.3, 0.4) is 0 Å². The number of hydrogen-bond donors (Lipinski definition) is 0. The lowest BCUT2D eigenvalue weighted by Gasteiger charge is -2.11. The summed E-state index contributed by atoms with van der Waals surface area (Å²) in [7, 11) is 3.29. The fourth-order valence-corrected chi connectivity index (χ4v) is 0.776. The average Bonchev–Trinajstić information content (AvgIpc) is 2.50. The minimum atomic E-state index is -0.386. The molecule has 0 fully saturated rings. The van der Waals surface area contributed by atoms with Crippen molar-refractivity contribution in [1.82, 2.24) is 25.1 Å². The van der Waals surface area contributed by atoms with Crippen LogP contribution >= 0.6 is 0 Å². The van der Waals surface area contributed by atoms with Gasteiger partial charge in [-0.2, -0.15) is 0 Å². The van der Waals surface area contributed by atoms with E-state index in [0.717, 1.165) is 0 Å². The number of rotatable bonds is 2. The van der Waals surface area contributed by atoms with Crippen LogP contribution in [0.15, 0.2) is 0 Å². The lowest BCUT2D eigenvalue weighted by Crippen LogP contribution is -2.26. The molecule has 0 spiro atoms. The van der Waals surface area contributed by atoms with Crippen LogP contribution in [-0.2, 0) is 18.4 Å². The second-order valence-corrected chi connectivity index (χ2v) is 2.52. The zero-order chi connectivity index (χ0) is 9.84. The molecule has 0 saturated carbocycles. The van der Waals surface area contributed by atoms with E-state index < -0.39 is 0 Å². The monoisotopic (exact) mass is 179 g/mol. The van der Waals surface area contributed by atoms with E-state index in [1.807, 2.05) is 5.92 Å². The van der Waals surface area contributed by atoms with Gasteiger partial charge in [0.2, 0.25) is 0 Å². The third kappa shape index (κ3) is 2.02. The molecule has 1 aromatic heterocycles. The minimum absolute atomic E-state index is 0.312. The maximum absolute atomic E-state index is 11.0. The van der Waals surface area contributed by atoms with Crippen molar-refractivity contribution in [3.63, 3.8) is 0 Å². The quantitative estimate of drug-likeness (QED) is 0.535. The van der Waals surface area contributed by atoms with Gasteiger partial charge in [-0.25, -0.2) is 4.68 Å². The first kappa shape index (κ1) is 9.19. The Morgan fingerprint density at radius 2 is 2.46 bits per heavy atom. The van der Waals surface area contributed by atoms with Crippen LogP contribution < -0.4 is 0 Å². The van der Waals surface area contributed by atoms with E-state index in [-0.39, 0.29) is 5.91 Å². The summed E-state index contributed by atoms with van der Waals surface area (Å²) < 4.78 is 1.49. The number of amides is 1. The van der Waals surface area contributed by atoms with Crippen LogP contribution in [0.5, 0.6) is 0 Å². The summed E-state index contributed by atoms with van der Waals surface area (Å²) in [6, 6.07) is 0. The predicted octanol–water partition coefficient (Wildman–Crippen LogP) is -1.20. The maximum Gasteiger partial charge on any atom is 0.298 e. The van der Waals surface area contributed by atoms with Gasteiger partial charge in [0, 0.05) is 14.1 Å². The number of carbonyl (C=O) groups is 1. The molecule has 0 N–H and O–H groups in total. The zero-order valence-electron chi connectivity index (χ0n) is 7.43. The molecule has 13 heavy (non-hydrogen) atoms. The number of aromatic nitrogens is 4. The van der Waals surface area contributed by atoms with Gasteiger partial charge in [0.05, 0.1) is 6.54 Å². The Morgan fingerprint density at radius 1 is 1.77 bits per heavy atom. The van der Waals surface area contributed by atoms with Gasteiger partial charge in [0.25, 0.3) is 5.91 Å². The number of terminal acetylenes is 1. The zero-order valence-corrected chi connectivity index (χ0v) is 7.43. The molecule has 6 nitrogen and oxygen atoms in total. The molecule has 0 aliphatic heterocycles. The third-order valence-corrected chi connectivity index (χ3v) is 1.56. The predicted molar refractivity (Wildman–Crippen MR) is 44.1 cm³/mol. The molecule has 0 saturated heterocycles. The normalized spacial score (nSPS) is 9.31. The standard InChI is InChI=1S/C7H9N5O/c1-4-7(13)11(2)5-6-8-9-10-12(6)3/h1H,5H2,2-3H3. The molecule has 0 atom stereocenters. The van der Waals surface area contributed by atoms with Crippen LogP contribution in [0.4, 0.5) is 0 Å². The fraction of sp³-hybridized carbons (Fsp3) is 0.429. The fourth-order valence-electron chi connectivity index (χ4n) is 0.776. The molecule has 1 rings (SSSR count). The second kappa shape index (κ2) is 3.67. The van der Waals surface area contributed by atoms with Gasteiger partial charge < -0.3 is 4.90 Å². The molecule has 0 aliphatic rings. The Labute approximate surface area is 75.5 Å². The highest BCUT2D eigenvalue weighted by molar-refractivity contribution is 5.92. The van der Waals surface area contributed by atoms with E-state index in [0.29, 0.717) is 12.4 Å². The SMILES string of the molecule is C#CC(=O)N(C)Cc1nnnn1C. The van der Waals surface area contributed by atoms with Gasteiger partial charge in [-0.15, -0.1) is 11.5 Å². The van der Waals surface area contributed by atoms with Gasteiger partial charge in [-0.1, -0.05) is 0 Å². The summed E-state index contributed by atoms with van der Waals surface area (Å²) in [6.07, 6.45) is 4.94. The van der Waals surface area contributed by atoms with Crippen molar-refractivity contribution in [2.75, 3.05) is 7.05 Å². The van der Waals surface area contributed by atoms with Crippen molar-refractivity contribution in [2.24, 2.45) is 7.05 Å². The first-order chi connectivity index (χ1) is 6.15. The molecule has 0 unspecified atom stereocenters. The first-order valence-electron chi connectivity index (χ1n) is 3.58. The van der Waals surface area contributed by atoms with Crippen molar-refractivity contribution in [1.29, 1.82) is 0 Å². The van der Waals surface area contributed by atoms with Crippen LogP contribution in [-0.4, -0.2) is 38.1 Å².